The zero-order valence-electron chi connectivity index (χ0n) is 15.0. The largest absolute Gasteiger partial charge is 0.469 e. The number of rotatable bonds is 4. The molecule has 0 radical (unpaired) electrons. The first-order chi connectivity index (χ1) is 12.7. The standard InChI is InChI=1S/C22H24FNO2/c1-26-22(25)21-19(16-7-9-17(23)10-8-16)13-18-11-12-20(21)24(18)14-15-5-3-2-4-6-15/h2-10,18-21H,11-14H2,1H3/t18-,19+,20+,21-/m0/s1. The number of hydrogen-bond donors (Lipinski definition) is 0. The van der Waals surface area contributed by atoms with Crippen LogP contribution in [0.3, 0.4) is 0 Å². The van der Waals surface area contributed by atoms with Crippen LogP contribution in [0.5, 0.6) is 0 Å². The van der Waals surface area contributed by atoms with Crippen LogP contribution in [0.1, 0.15) is 36.3 Å². The van der Waals surface area contributed by atoms with Crippen molar-refractivity contribution in [1.82, 2.24) is 4.90 Å². The van der Waals surface area contributed by atoms with Gasteiger partial charge in [0.05, 0.1) is 13.0 Å². The van der Waals surface area contributed by atoms with Gasteiger partial charge in [0.15, 0.2) is 0 Å². The van der Waals surface area contributed by atoms with Gasteiger partial charge >= 0.3 is 5.97 Å². The average Bonchev–Trinajstić information content (AvgIpc) is 2.93. The number of fused-ring (bicyclic) bond motifs is 2. The van der Waals surface area contributed by atoms with Crippen LogP contribution in [0.15, 0.2) is 54.6 Å². The van der Waals surface area contributed by atoms with Gasteiger partial charge < -0.3 is 4.74 Å². The molecule has 0 spiro atoms. The van der Waals surface area contributed by atoms with Crippen molar-refractivity contribution < 1.29 is 13.9 Å². The molecule has 2 fully saturated rings. The molecule has 0 aromatic heterocycles. The van der Waals surface area contributed by atoms with Gasteiger partial charge in [0, 0.05) is 24.5 Å². The van der Waals surface area contributed by atoms with Gasteiger partial charge in [-0.3, -0.25) is 9.69 Å². The van der Waals surface area contributed by atoms with E-state index in [9.17, 15) is 9.18 Å². The van der Waals surface area contributed by atoms with Gasteiger partial charge in [0.25, 0.3) is 0 Å². The summed E-state index contributed by atoms with van der Waals surface area (Å²) in [5, 5.41) is 0. The summed E-state index contributed by atoms with van der Waals surface area (Å²) in [4.78, 5) is 15.2. The minimum Gasteiger partial charge on any atom is -0.469 e. The van der Waals surface area contributed by atoms with Crippen LogP contribution < -0.4 is 0 Å². The van der Waals surface area contributed by atoms with E-state index in [0.29, 0.717) is 6.04 Å². The summed E-state index contributed by atoms with van der Waals surface area (Å²) in [6, 6.07) is 17.7. The van der Waals surface area contributed by atoms with Crippen LogP contribution in [0, 0.1) is 11.7 Å². The molecule has 2 aliphatic rings. The summed E-state index contributed by atoms with van der Waals surface area (Å²) in [5.41, 5.74) is 2.31. The third-order valence-electron chi connectivity index (χ3n) is 6.04. The van der Waals surface area contributed by atoms with E-state index in [0.717, 1.165) is 31.4 Å². The van der Waals surface area contributed by atoms with E-state index in [1.54, 1.807) is 0 Å². The van der Waals surface area contributed by atoms with Gasteiger partial charge in [0.1, 0.15) is 5.82 Å². The maximum absolute atomic E-state index is 13.3. The Morgan fingerprint density at radius 3 is 2.54 bits per heavy atom. The number of nitrogens with zero attached hydrogens (tertiary/aromatic N) is 1. The fraction of sp³-hybridized carbons (Fsp3) is 0.409. The van der Waals surface area contributed by atoms with E-state index < -0.39 is 0 Å². The summed E-state index contributed by atoms with van der Waals surface area (Å²) in [6.07, 6.45) is 3.02. The minimum absolute atomic E-state index is 0.0903. The lowest BCUT2D eigenvalue weighted by Crippen LogP contribution is -2.50. The van der Waals surface area contributed by atoms with Gasteiger partial charge in [-0.25, -0.2) is 4.39 Å². The molecule has 3 nitrogen and oxygen atoms in total. The summed E-state index contributed by atoms with van der Waals surface area (Å²) in [6.45, 7) is 0.861. The van der Waals surface area contributed by atoms with Gasteiger partial charge in [-0.2, -0.15) is 0 Å². The Balaban J connectivity index is 1.64. The molecule has 2 aliphatic heterocycles. The van der Waals surface area contributed by atoms with Gasteiger partial charge in [-0.05, 0) is 42.5 Å². The molecule has 0 unspecified atom stereocenters. The molecule has 0 aliphatic carbocycles. The smallest absolute Gasteiger partial charge is 0.310 e. The molecule has 0 saturated carbocycles. The minimum atomic E-state index is -0.243. The number of carbonyl (C=O) groups is 1. The Morgan fingerprint density at radius 2 is 1.85 bits per heavy atom. The number of piperidine rings is 1. The van der Waals surface area contributed by atoms with Crippen LogP contribution in [0.25, 0.3) is 0 Å². The summed E-state index contributed by atoms with van der Waals surface area (Å²) < 4.78 is 18.5. The van der Waals surface area contributed by atoms with Crippen molar-refractivity contribution >= 4 is 5.97 Å². The SMILES string of the molecule is COC(=O)[C@H]1[C@@H](c2ccc(F)cc2)C[C@@H]2CC[C@H]1N2Cc1ccccc1. The van der Waals surface area contributed by atoms with Crippen molar-refractivity contribution in [2.45, 2.75) is 43.8 Å². The fourth-order valence-corrected chi connectivity index (χ4v) is 4.86. The van der Waals surface area contributed by atoms with Crippen LogP contribution >= 0.6 is 0 Å². The number of esters is 1. The molecular formula is C22H24FNO2. The Morgan fingerprint density at radius 1 is 1.12 bits per heavy atom. The highest BCUT2D eigenvalue weighted by atomic mass is 19.1. The second-order valence-electron chi connectivity index (χ2n) is 7.40. The summed E-state index contributed by atoms with van der Waals surface area (Å²) in [7, 11) is 1.46. The van der Waals surface area contributed by atoms with E-state index in [1.165, 1.54) is 24.8 Å². The van der Waals surface area contributed by atoms with E-state index in [4.69, 9.17) is 4.74 Å². The highest BCUT2D eigenvalue weighted by Crippen LogP contribution is 2.47. The summed E-state index contributed by atoms with van der Waals surface area (Å²) in [5.74, 6) is -0.504. The first-order valence-electron chi connectivity index (χ1n) is 9.30. The maximum Gasteiger partial charge on any atom is 0.310 e. The second-order valence-corrected chi connectivity index (χ2v) is 7.40. The van der Waals surface area contributed by atoms with Crippen LogP contribution in [0.2, 0.25) is 0 Å². The predicted octanol–water partition coefficient (Wildman–Crippen LogP) is 4.14. The highest BCUT2D eigenvalue weighted by Gasteiger charge is 2.50. The molecule has 2 heterocycles. The molecule has 4 rings (SSSR count). The third-order valence-corrected chi connectivity index (χ3v) is 6.04. The lowest BCUT2D eigenvalue weighted by atomic mass is 9.76. The molecule has 0 N–H and O–H groups in total. The molecule has 136 valence electrons. The van der Waals surface area contributed by atoms with E-state index in [1.807, 2.05) is 18.2 Å². The van der Waals surface area contributed by atoms with E-state index >= 15 is 0 Å². The van der Waals surface area contributed by atoms with Crippen LogP contribution in [-0.2, 0) is 16.1 Å². The molecule has 2 bridgehead atoms. The van der Waals surface area contributed by atoms with Crippen molar-refractivity contribution in [3.63, 3.8) is 0 Å². The number of hydrogen-bond acceptors (Lipinski definition) is 3. The Hall–Kier alpha value is -2.20. The first-order valence-corrected chi connectivity index (χ1v) is 9.30. The predicted molar refractivity (Wildman–Crippen MR) is 98.1 cm³/mol. The summed E-state index contributed by atoms with van der Waals surface area (Å²) >= 11 is 0. The van der Waals surface area contributed by atoms with Crippen molar-refractivity contribution in [3.05, 3.63) is 71.5 Å². The van der Waals surface area contributed by atoms with Crippen molar-refractivity contribution in [3.8, 4) is 0 Å². The number of ether oxygens (including phenoxy) is 1. The van der Waals surface area contributed by atoms with E-state index in [2.05, 4.69) is 29.2 Å². The first kappa shape index (κ1) is 17.2. The van der Waals surface area contributed by atoms with Gasteiger partial charge in [0.2, 0.25) is 0 Å². The normalized spacial score (nSPS) is 28.1. The van der Waals surface area contributed by atoms with Crippen LogP contribution in [0.4, 0.5) is 4.39 Å². The van der Waals surface area contributed by atoms with Crippen molar-refractivity contribution in [2.75, 3.05) is 7.11 Å². The number of benzene rings is 2. The fourth-order valence-electron chi connectivity index (χ4n) is 4.86. The Labute approximate surface area is 153 Å². The lowest BCUT2D eigenvalue weighted by Gasteiger charge is -2.43. The zero-order valence-corrected chi connectivity index (χ0v) is 15.0. The maximum atomic E-state index is 13.3. The average molecular weight is 353 g/mol. The second kappa shape index (κ2) is 7.20. The molecule has 26 heavy (non-hydrogen) atoms. The van der Waals surface area contributed by atoms with Crippen molar-refractivity contribution in [2.24, 2.45) is 5.92 Å². The molecule has 2 aromatic rings. The van der Waals surface area contributed by atoms with E-state index in [-0.39, 0.29) is 29.7 Å². The quantitative estimate of drug-likeness (QED) is 0.774. The number of carbonyl (C=O) groups excluding carboxylic acids is 1. The van der Waals surface area contributed by atoms with Gasteiger partial charge in [-0.1, -0.05) is 42.5 Å². The molecule has 2 saturated heterocycles. The van der Waals surface area contributed by atoms with Gasteiger partial charge in [-0.15, -0.1) is 0 Å². The topological polar surface area (TPSA) is 29.5 Å². The Bertz CT molecular complexity index is 761. The molecule has 2 aromatic carbocycles. The molecule has 4 atom stereocenters. The molecule has 0 amide bonds. The Kier molecular flexibility index (Phi) is 4.77. The third kappa shape index (κ3) is 3.14. The zero-order chi connectivity index (χ0) is 18.1. The number of halogens is 1. The molecule has 4 heteroatoms. The lowest BCUT2D eigenvalue weighted by molar-refractivity contribution is -0.150. The number of methoxy groups -OCH3 is 1. The van der Waals surface area contributed by atoms with Crippen LogP contribution in [-0.4, -0.2) is 30.1 Å². The monoisotopic (exact) mass is 353 g/mol. The highest BCUT2D eigenvalue weighted by molar-refractivity contribution is 5.75. The van der Waals surface area contributed by atoms with Crippen molar-refractivity contribution in [1.29, 1.82) is 0 Å². The molecular weight excluding hydrogens is 329 g/mol.